The molecule has 0 saturated carbocycles. The Hall–Kier alpha value is -5.54. The van der Waals surface area contributed by atoms with Crippen molar-refractivity contribution in [2.45, 2.75) is 9.79 Å². The van der Waals surface area contributed by atoms with Gasteiger partial charge in [-0.1, -0.05) is 133 Å². The third kappa shape index (κ3) is 4.98. The van der Waals surface area contributed by atoms with Crippen LogP contribution < -0.4 is 4.18 Å². The highest BCUT2D eigenvalue weighted by atomic mass is 32.2. The van der Waals surface area contributed by atoms with Crippen LogP contribution in [0.4, 0.5) is 0 Å². The second kappa shape index (κ2) is 11.3. The number of rotatable bonds is 6. The first-order valence-electron chi connectivity index (χ1n) is 15.1. The van der Waals surface area contributed by atoms with Crippen LogP contribution in [0.25, 0.3) is 65.3 Å². The molecule has 0 bridgehead atoms. The lowest BCUT2D eigenvalue weighted by Gasteiger charge is -2.21. The molecule has 0 aliphatic rings. The van der Waals surface area contributed by atoms with Crippen LogP contribution in [0.15, 0.2) is 161 Å². The molecule has 0 heterocycles. The Labute approximate surface area is 277 Å². The molecule has 8 heteroatoms. The summed E-state index contributed by atoms with van der Waals surface area (Å²) in [7, 11) is -9.52. The van der Waals surface area contributed by atoms with Gasteiger partial charge in [-0.3, -0.25) is 0 Å². The van der Waals surface area contributed by atoms with Crippen LogP contribution in [-0.2, 0) is 20.2 Å². The fourth-order valence-electron chi connectivity index (χ4n) is 6.65. The molecule has 8 aromatic rings. The monoisotopic (exact) mass is 665 g/mol. The van der Waals surface area contributed by atoms with Gasteiger partial charge in [-0.15, -0.1) is 0 Å². The first kappa shape index (κ1) is 29.8. The fraction of sp³-hybridized carbons (Fsp3) is 0. The lowest BCUT2D eigenvalue weighted by Crippen LogP contribution is -2.14. The van der Waals surface area contributed by atoms with Crippen LogP contribution in [-0.4, -0.2) is 21.4 Å². The van der Waals surface area contributed by atoms with E-state index in [0.717, 1.165) is 38.4 Å². The summed E-state index contributed by atoms with van der Waals surface area (Å²) in [5.41, 5.74) is 2.36. The SMILES string of the molecule is O=S(=O)([O-])c1ccc(OS(=O)(=O)c2c(-c3cccc4ccccc34)cc3ccccc3c2-c2cccc3ccccc23)c2ccccc12. The summed E-state index contributed by atoms with van der Waals surface area (Å²) in [6.07, 6.45) is 0. The van der Waals surface area contributed by atoms with Gasteiger partial charge in [0.25, 0.3) is 0 Å². The van der Waals surface area contributed by atoms with Gasteiger partial charge in [0.15, 0.2) is 5.75 Å². The molecular weight excluding hydrogens is 641 g/mol. The van der Waals surface area contributed by atoms with Crippen LogP contribution >= 0.6 is 0 Å². The van der Waals surface area contributed by atoms with Crippen molar-refractivity contribution in [2.24, 2.45) is 0 Å². The largest absolute Gasteiger partial charge is 0.744 e. The molecule has 0 spiro atoms. The minimum absolute atomic E-state index is 0.0292. The summed E-state index contributed by atoms with van der Waals surface area (Å²) in [4.78, 5) is -0.486. The molecule has 0 radical (unpaired) electrons. The Kier molecular flexibility index (Phi) is 7.03. The first-order valence-corrected chi connectivity index (χ1v) is 18.0. The number of hydrogen-bond acceptors (Lipinski definition) is 6. The zero-order valence-electron chi connectivity index (χ0n) is 25.2. The Morgan fingerprint density at radius 1 is 0.438 bits per heavy atom. The highest BCUT2D eigenvalue weighted by molar-refractivity contribution is 7.87. The maximum Gasteiger partial charge on any atom is 0.340 e. The second-order valence-electron chi connectivity index (χ2n) is 11.5. The quantitative estimate of drug-likeness (QED) is 0.130. The summed E-state index contributed by atoms with van der Waals surface area (Å²) in [5.74, 6) is -0.0982. The van der Waals surface area contributed by atoms with Gasteiger partial charge in [0.1, 0.15) is 15.0 Å². The van der Waals surface area contributed by atoms with Gasteiger partial charge < -0.3 is 8.74 Å². The lowest BCUT2D eigenvalue weighted by atomic mass is 9.89. The molecule has 0 saturated heterocycles. The van der Waals surface area contributed by atoms with E-state index in [1.165, 1.54) is 18.2 Å². The standard InChI is InChI=1S/C40H26O6S2/c41-47(42,43)38-24-23-37(33-19-7-8-20-34(33)38)46-48(44,45)40-36(32-21-9-14-26-11-1-4-16-29(26)32)25-28-13-3-6-18-31(28)39(40)35-22-10-15-27-12-2-5-17-30(27)35/h1-25H,(H,41,42,43)/p-1. The third-order valence-corrected chi connectivity index (χ3v) is 10.9. The second-order valence-corrected chi connectivity index (χ2v) is 14.3. The smallest absolute Gasteiger partial charge is 0.340 e. The Bertz CT molecular complexity index is 2800. The van der Waals surface area contributed by atoms with Gasteiger partial charge in [0.05, 0.1) is 4.90 Å². The van der Waals surface area contributed by atoms with Gasteiger partial charge in [0, 0.05) is 21.9 Å². The van der Waals surface area contributed by atoms with Crippen molar-refractivity contribution in [3.05, 3.63) is 152 Å². The van der Waals surface area contributed by atoms with E-state index < -0.39 is 25.1 Å². The topological polar surface area (TPSA) is 101 Å². The Morgan fingerprint density at radius 2 is 0.938 bits per heavy atom. The van der Waals surface area contributed by atoms with Crippen LogP contribution in [0, 0.1) is 0 Å². The molecule has 0 unspecified atom stereocenters. The Balaban J connectivity index is 1.50. The van der Waals surface area contributed by atoms with Gasteiger partial charge in [-0.05, 0) is 61.6 Å². The highest BCUT2D eigenvalue weighted by Crippen LogP contribution is 2.46. The molecule has 0 fully saturated rings. The predicted molar refractivity (Wildman–Crippen MR) is 190 cm³/mol. The van der Waals surface area contributed by atoms with Crippen molar-refractivity contribution >= 4 is 63.3 Å². The average Bonchev–Trinajstić information content (AvgIpc) is 3.10. The van der Waals surface area contributed by atoms with Gasteiger partial charge in [-0.25, -0.2) is 8.42 Å². The maximum atomic E-state index is 15.0. The van der Waals surface area contributed by atoms with E-state index in [9.17, 15) is 13.0 Å². The average molecular weight is 666 g/mol. The summed E-state index contributed by atoms with van der Waals surface area (Å²) in [6, 6.07) is 45.3. The molecule has 0 aliphatic carbocycles. The van der Waals surface area contributed by atoms with Crippen molar-refractivity contribution in [1.82, 2.24) is 0 Å². The molecular formula is C40H25O6S2-. The van der Waals surface area contributed by atoms with Crippen molar-refractivity contribution in [3.63, 3.8) is 0 Å². The fourth-order valence-corrected chi connectivity index (χ4v) is 8.71. The lowest BCUT2D eigenvalue weighted by molar-refractivity contribution is 0.464. The van der Waals surface area contributed by atoms with E-state index in [2.05, 4.69) is 0 Å². The molecule has 6 nitrogen and oxygen atoms in total. The van der Waals surface area contributed by atoms with E-state index in [1.807, 2.05) is 115 Å². The summed E-state index contributed by atoms with van der Waals surface area (Å²) < 4.78 is 72.4. The summed E-state index contributed by atoms with van der Waals surface area (Å²) in [5, 5.41) is 5.44. The van der Waals surface area contributed by atoms with E-state index >= 15 is 8.42 Å². The summed E-state index contributed by atoms with van der Waals surface area (Å²) in [6.45, 7) is 0. The van der Waals surface area contributed by atoms with Gasteiger partial charge >= 0.3 is 10.1 Å². The van der Waals surface area contributed by atoms with Crippen LogP contribution in [0.2, 0.25) is 0 Å². The highest BCUT2D eigenvalue weighted by Gasteiger charge is 2.31. The third-order valence-electron chi connectivity index (χ3n) is 8.70. The predicted octanol–water partition coefficient (Wildman–Crippen LogP) is 9.31. The molecule has 0 aliphatic heterocycles. The van der Waals surface area contributed by atoms with Crippen molar-refractivity contribution in [3.8, 4) is 28.0 Å². The minimum Gasteiger partial charge on any atom is -0.744 e. The van der Waals surface area contributed by atoms with E-state index in [-0.39, 0.29) is 21.4 Å². The number of fused-ring (bicyclic) bond motifs is 4. The normalized spacial score (nSPS) is 12.2. The van der Waals surface area contributed by atoms with Crippen LogP contribution in [0.5, 0.6) is 5.75 Å². The zero-order valence-corrected chi connectivity index (χ0v) is 26.8. The number of hydrogen-bond donors (Lipinski definition) is 0. The van der Waals surface area contributed by atoms with Gasteiger partial charge in [-0.2, -0.15) is 8.42 Å². The molecule has 0 N–H and O–H groups in total. The van der Waals surface area contributed by atoms with E-state index in [1.54, 1.807) is 12.1 Å². The molecule has 48 heavy (non-hydrogen) atoms. The Morgan fingerprint density at radius 3 is 1.58 bits per heavy atom. The summed E-state index contributed by atoms with van der Waals surface area (Å²) >= 11 is 0. The minimum atomic E-state index is -4.85. The zero-order chi connectivity index (χ0) is 33.0. The van der Waals surface area contributed by atoms with E-state index in [0.29, 0.717) is 22.3 Å². The van der Waals surface area contributed by atoms with Gasteiger partial charge in [0.2, 0.25) is 0 Å². The van der Waals surface area contributed by atoms with Crippen LogP contribution in [0.1, 0.15) is 0 Å². The van der Waals surface area contributed by atoms with Crippen molar-refractivity contribution in [2.75, 3.05) is 0 Å². The molecule has 234 valence electrons. The number of benzene rings is 8. The van der Waals surface area contributed by atoms with Crippen molar-refractivity contribution in [1.29, 1.82) is 0 Å². The first-order chi connectivity index (χ1) is 23.2. The van der Waals surface area contributed by atoms with E-state index in [4.69, 9.17) is 4.18 Å². The van der Waals surface area contributed by atoms with Crippen molar-refractivity contribution < 1.29 is 25.6 Å². The molecule has 0 aromatic heterocycles. The van der Waals surface area contributed by atoms with Crippen LogP contribution in [0.3, 0.4) is 0 Å². The maximum absolute atomic E-state index is 15.0. The molecule has 0 atom stereocenters. The molecule has 0 amide bonds. The molecule has 8 aromatic carbocycles. The molecule has 8 rings (SSSR count).